The van der Waals surface area contributed by atoms with Gasteiger partial charge in [0.05, 0.1) is 23.3 Å². The highest BCUT2D eigenvalue weighted by atomic mass is 35.5. The maximum absolute atomic E-state index is 8.64. The number of nitriles is 2. The lowest BCUT2D eigenvalue weighted by Gasteiger charge is -2.05. The lowest BCUT2D eigenvalue weighted by Crippen LogP contribution is -1.96. The van der Waals surface area contributed by atoms with Crippen molar-refractivity contribution < 1.29 is 4.74 Å². The van der Waals surface area contributed by atoms with Gasteiger partial charge in [-0.1, -0.05) is 11.6 Å². The summed E-state index contributed by atoms with van der Waals surface area (Å²) in [7, 11) is 0. The molecule has 0 aliphatic heterocycles. The summed E-state index contributed by atoms with van der Waals surface area (Å²) in [5.74, 6) is 0.622. The minimum absolute atomic E-state index is 0.385. The van der Waals surface area contributed by atoms with Crippen molar-refractivity contribution in [2.45, 2.75) is 12.8 Å². The molecule has 0 aromatic heterocycles. The van der Waals surface area contributed by atoms with Crippen LogP contribution in [0.25, 0.3) is 0 Å². The molecule has 0 bridgehead atoms. The standard InChI is InChI=1S/C11H9ClN2O/c12-11-7-10(4-3-9(11)8-14)15-6-2-1-5-13/h3-4,7H,1-2,6H2. The van der Waals surface area contributed by atoms with Crippen LogP contribution in [-0.2, 0) is 0 Å². The largest absolute Gasteiger partial charge is 0.494 e. The first kappa shape index (κ1) is 11.4. The van der Waals surface area contributed by atoms with Gasteiger partial charge in [-0.15, -0.1) is 0 Å². The zero-order valence-corrected chi connectivity index (χ0v) is 8.79. The van der Waals surface area contributed by atoms with Crippen molar-refractivity contribution in [1.82, 2.24) is 0 Å². The average Bonchev–Trinajstić information content (AvgIpc) is 2.25. The van der Waals surface area contributed by atoms with E-state index in [0.717, 1.165) is 0 Å². The van der Waals surface area contributed by atoms with Crippen molar-refractivity contribution in [3.63, 3.8) is 0 Å². The highest BCUT2D eigenvalue weighted by Gasteiger charge is 2.01. The molecule has 0 unspecified atom stereocenters. The van der Waals surface area contributed by atoms with Crippen LogP contribution in [0.2, 0.25) is 5.02 Å². The van der Waals surface area contributed by atoms with Gasteiger partial charge in [-0.05, 0) is 18.6 Å². The van der Waals surface area contributed by atoms with E-state index in [9.17, 15) is 0 Å². The van der Waals surface area contributed by atoms with Crippen molar-refractivity contribution >= 4 is 11.6 Å². The number of nitrogens with zero attached hydrogens (tertiary/aromatic N) is 2. The summed E-state index contributed by atoms with van der Waals surface area (Å²) in [6.45, 7) is 0.482. The van der Waals surface area contributed by atoms with Gasteiger partial charge < -0.3 is 4.74 Å². The second-order valence-electron chi connectivity index (χ2n) is 2.86. The van der Waals surface area contributed by atoms with Crippen LogP contribution in [0, 0.1) is 22.7 Å². The second-order valence-corrected chi connectivity index (χ2v) is 3.27. The molecule has 0 saturated carbocycles. The summed E-state index contributed by atoms with van der Waals surface area (Å²) in [5, 5.41) is 17.3. The Kier molecular flexibility index (Phi) is 4.47. The van der Waals surface area contributed by atoms with Gasteiger partial charge in [-0.25, -0.2) is 0 Å². The lowest BCUT2D eigenvalue weighted by molar-refractivity contribution is 0.312. The molecule has 1 aromatic carbocycles. The van der Waals surface area contributed by atoms with E-state index in [4.69, 9.17) is 26.9 Å². The normalized spacial score (nSPS) is 9.00. The van der Waals surface area contributed by atoms with Crippen LogP contribution in [0.3, 0.4) is 0 Å². The molecule has 0 fully saturated rings. The van der Waals surface area contributed by atoms with Crippen molar-refractivity contribution in [3.05, 3.63) is 28.8 Å². The quantitative estimate of drug-likeness (QED) is 0.733. The third-order valence-electron chi connectivity index (χ3n) is 1.76. The molecule has 0 atom stereocenters. The van der Waals surface area contributed by atoms with Gasteiger partial charge in [0.15, 0.2) is 0 Å². The third-order valence-corrected chi connectivity index (χ3v) is 2.08. The Balaban J connectivity index is 2.54. The Morgan fingerprint density at radius 3 is 2.73 bits per heavy atom. The lowest BCUT2D eigenvalue weighted by atomic mass is 10.2. The molecule has 0 amide bonds. The van der Waals surface area contributed by atoms with Crippen LogP contribution in [0.4, 0.5) is 0 Å². The van der Waals surface area contributed by atoms with E-state index >= 15 is 0 Å². The monoisotopic (exact) mass is 220 g/mol. The number of halogens is 1. The van der Waals surface area contributed by atoms with Gasteiger partial charge in [0.2, 0.25) is 0 Å². The maximum atomic E-state index is 8.64. The number of benzene rings is 1. The highest BCUT2D eigenvalue weighted by Crippen LogP contribution is 2.21. The number of hydrogen-bond donors (Lipinski definition) is 0. The van der Waals surface area contributed by atoms with Crippen LogP contribution in [0.15, 0.2) is 18.2 Å². The predicted molar refractivity (Wildman–Crippen MR) is 56.5 cm³/mol. The first-order valence-corrected chi connectivity index (χ1v) is 4.85. The van der Waals surface area contributed by atoms with E-state index in [2.05, 4.69) is 0 Å². The smallest absolute Gasteiger partial charge is 0.120 e. The van der Waals surface area contributed by atoms with Gasteiger partial charge in [0.25, 0.3) is 0 Å². The Hall–Kier alpha value is -1.71. The number of ether oxygens (including phenoxy) is 1. The Morgan fingerprint density at radius 2 is 2.13 bits per heavy atom. The summed E-state index contributed by atoms with van der Waals surface area (Å²) >= 11 is 5.81. The van der Waals surface area contributed by atoms with Gasteiger partial charge in [0.1, 0.15) is 11.8 Å². The molecule has 0 radical (unpaired) electrons. The molecular formula is C11H9ClN2O. The molecule has 3 nitrogen and oxygen atoms in total. The molecule has 1 aromatic rings. The number of hydrogen-bond acceptors (Lipinski definition) is 3. The van der Waals surface area contributed by atoms with Gasteiger partial charge in [0, 0.05) is 12.5 Å². The van der Waals surface area contributed by atoms with Crippen molar-refractivity contribution in [2.24, 2.45) is 0 Å². The Bertz CT molecular complexity index is 418. The molecule has 0 saturated heterocycles. The molecule has 0 aliphatic rings. The van der Waals surface area contributed by atoms with Crippen molar-refractivity contribution in [3.8, 4) is 17.9 Å². The summed E-state index contributed by atoms with van der Waals surface area (Å²) in [6, 6.07) is 8.91. The summed E-state index contributed by atoms with van der Waals surface area (Å²) < 4.78 is 5.34. The Morgan fingerprint density at radius 1 is 1.33 bits per heavy atom. The fourth-order valence-electron chi connectivity index (χ4n) is 1.02. The van der Waals surface area contributed by atoms with Crippen LogP contribution >= 0.6 is 11.6 Å². The molecule has 0 spiro atoms. The second kappa shape index (κ2) is 5.90. The zero-order valence-electron chi connectivity index (χ0n) is 8.03. The molecule has 4 heteroatoms. The SMILES string of the molecule is N#CCCCOc1ccc(C#N)c(Cl)c1. The zero-order chi connectivity index (χ0) is 11.1. The molecule has 76 valence electrons. The molecular weight excluding hydrogens is 212 g/mol. The van der Waals surface area contributed by atoms with Gasteiger partial charge in [-0.2, -0.15) is 10.5 Å². The van der Waals surface area contributed by atoms with Crippen LogP contribution < -0.4 is 4.74 Å². The average molecular weight is 221 g/mol. The summed E-state index contributed by atoms with van der Waals surface area (Å²) in [6.07, 6.45) is 1.16. The van der Waals surface area contributed by atoms with E-state index in [1.165, 1.54) is 0 Å². The number of unbranched alkanes of at least 4 members (excludes halogenated alkanes) is 1. The van der Waals surface area contributed by atoms with E-state index in [-0.39, 0.29) is 0 Å². The summed E-state index contributed by atoms with van der Waals surface area (Å²) in [5.41, 5.74) is 0.432. The molecule has 0 N–H and O–H groups in total. The summed E-state index contributed by atoms with van der Waals surface area (Å²) in [4.78, 5) is 0. The molecule has 0 heterocycles. The molecule has 0 aliphatic carbocycles. The van der Waals surface area contributed by atoms with E-state index < -0.39 is 0 Å². The van der Waals surface area contributed by atoms with E-state index in [1.54, 1.807) is 18.2 Å². The van der Waals surface area contributed by atoms with Crippen LogP contribution in [-0.4, -0.2) is 6.61 Å². The predicted octanol–water partition coefficient (Wildman–Crippen LogP) is 2.89. The van der Waals surface area contributed by atoms with Crippen molar-refractivity contribution in [1.29, 1.82) is 10.5 Å². The van der Waals surface area contributed by atoms with Gasteiger partial charge >= 0.3 is 0 Å². The highest BCUT2D eigenvalue weighted by molar-refractivity contribution is 6.31. The van der Waals surface area contributed by atoms with Crippen LogP contribution in [0.5, 0.6) is 5.75 Å². The third kappa shape index (κ3) is 3.50. The fraction of sp³-hybridized carbons (Fsp3) is 0.273. The first-order chi connectivity index (χ1) is 7.27. The van der Waals surface area contributed by atoms with E-state index in [1.807, 2.05) is 12.1 Å². The van der Waals surface area contributed by atoms with E-state index in [0.29, 0.717) is 35.8 Å². The number of rotatable bonds is 4. The maximum Gasteiger partial charge on any atom is 0.120 e. The molecule has 1 rings (SSSR count). The topological polar surface area (TPSA) is 56.8 Å². The minimum atomic E-state index is 0.385. The first-order valence-electron chi connectivity index (χ1n) is 4.47. The Labute approximate surface area is 93.5 Å². The van der Waals surface area contributed by atoms with Crippen LogP contribution in [0.1, 0.15) is 18.4 Å². The molecule has 15 heavy (non-hydrogen) atoms. The fourth-order valence-corrected chi connectivity index (χ4v) is 1.23. The van der Waals surface area contributed by atoms with Crippen molar-refractivity contribution in [2.75, 3.05) is 6.61 Å². The van der Waals surface area contributed by atoms with Gasteiger partial charge in [-0.3, -0.25) is 0 Å². The minimum Gasteiger partial charge on any atom is -0.494 e.